The first kappa shape index (κ1) is 22.7. The zero-order valence-corrected chi connectivity index (χ0v) is 17.4. The molecule has 2 N–H and O–H groups in total. The van der Waals surface area contributed by atoms with Gasteiger partial charge in [-0.3, -0.25) is 9.59 Å². The first-order valence-corrected chi connectivity index (χ1v) is 9.92. The Morgan fingerprint density at radius 1 is 0.912 bits per heavy atom. The number of halogens is 3. The van der Waals surface area contributed by atoms with Gasteiger partial charge in [0, 0.05) is 11.3 Å². The zero-order chi connectivity index (χ0) is 24.1. The lowest BCUT2D eigenvalue weighted by Crippen LogP contribution is -2.30. The van der Waals surface area contributed by atoms with Gasteiger partial charge in [0.1, 0.15) is 11.4 Å². The van der Waals surface area contributed by atoms with Crippen LogP contribution in [0.15, 0.2) is 78.5 Å². The topological polar surface area (TPSA) is 85.9 Å². The van der Waals surface area contributed by atoms with Crippen molar-refractivity contribution in [2.24, 2.45) is 0 Å². The van der Waals surface area contributed by atoms with Crippen molar-refractivity contribution in [3.05, 3.63) is 89.6 Å². The van der Waals surface area contributed by atoms with Crippen molar-refractivity contribution in [2.45, 2.75) is 6.36 Å². The number of fused-ring (bicyclic) bond motifs is 1. The molecule has 0 fully saturated rings. The largest absolute Gasteiger partial charge is 0.573 e. The Hall–Kier alpha value is -4.47. The molecule has 1 heterocycles. The van der Waals surface area contributed by atoms with Crippen LogP contribution in [0.25, 0.3) is 6.08 Å². The zero-order valence-electron chi connectivity index (χ0n) is 17.4. The Labute approximate surface area is 191 Å². The summed E-state index contributed by atoms with van der Waals surface area (Å²) < 4.78 is 51.5. The fourth-order valence-electron chi connectivity index (χ4n) is 3.05. The minimum atomic E-state index is -4.83. The van der Waals surface area contributed by atoms with E-state index < -0.39 is 23.9 Å². The summed E-state index contributed by atoms with van der Waals surface area (Å²) in [5, 5.41) is 5.12. The average Bonchev–Trinajstić information content (AvgIpc) is 3.27. The van der Waals surface area contributed by atoms with Crippen molar-refractivity contribution < 1.29 is 37.0 Å². The smallest absolute Gasteiger partial charge is 0.454 e. The number of hydrogen-bond acceptors (Lipinski definition) is 5. The lowest BCUT2D eigenvalue weighted by molar-refractivity contribution is -0.274. The number of alkyl halides is 3. The summed E-state index contributed by atoms with van der Waals surface area (Å²) >= 11 is 0. The fraction of sp³-hybridized carbons (Fsp3) is 0.0833. The Morgan fingerprint density at radius 2 is 1.62 bits per heavy atom. The molecule has 7 nitrogen and oxygen atoms in total. The molecular formula is C24H17F3N2O5. The van der Waals surface area contributed by atoms with Crippen LogP contribution in [0.4, 0.5) is 18.9 Å². The van der Waals surface area contributed by atoms with E-state index in [2.05, 4.69) is 15.4 Å². The van der Waals surface area contributed by atoms with Gasteiger partial charge in [-0.1, -0.05) is 24.3 Å². The van der Waals surface area contributed by atoms with Crippen LogP contribution >= 0.6 is 0 Å². The molecule has 0 unspecified atom stereocenters. The quantitative estimate of drug-likeness (QED) is 0.509. The highest BCUT2D eigenvalue weighted by atomic mass is 19.4. The van der Waals surface area contributed by atoms with Crippen LogP contribution in [-0.4, -0.2) is 25.0 Å². The third-order valence-corrected chi connectivity index (χ3v) is 4.58. The molecular weight excluding hydrogens is 453 g/mol. The summed E-state index contributed by atoms with van der Waals surface area (Å²) in [6.07, 6.45) is -3.38. The maximum atomic E-state index is 13.0. The van der Waals surface area contributed by atoms with Gasteiger partial charge in [-0.15, -0.1) is 13.2 Å². The van der Waals surface area contributed by atoms with Crippen LogP contribution in [0.3, 0.4) is 0 Å². The Bertz CT molecular complexity index is 1230. The first-order chi connectivity index (χ1) is 16.3. The molecule has 2 amide bonds. The number of benzene rings is 3. The van der Waals surface area contributed by atoms with E-state index in [1.54, 1.807) is 48.5 Å². The number of ether oxygens (including phenoxy) is 3. The highest BCUT2D eigenvalue weighted by molar-refractivity contribution is 6.10. The molecule has 1 aliphatic rings. The highest BCUT2D eigenvalue weighted by Gasteiger charge is 2.31. The molecule has 3 aromatic rings. The van der Waals surface area contributed by atoms with Gasteiger partial charge in [0.15, 0.2) is 11.5 Å². The second kappa shape index (κ2) is 9.57. The molecule has 3 aromatic carbocycles. The summed E-state index contributed by atoms with van der Waals surface area (Å²) in [6, 6.07) is 17.9. The van der Waals surface area contributed by atoms with Gasteiger partial charge in [0.05, 0.1) is 0 Å². The molecule has 0 spiro atoms. The molecule has 1 aliphatic heterocycles. The Morgan fingerprint density at radius 3 is 2.32 bits per heavy atom. The predicted octanol–water partition coefficient (Wildman–Crippen LogP) is 4.72. The van der Waals surface area contributed by atoms with Gasteiger partial charge in [-0.25, -0.2) is 0 Å². The van der Waals surface area contributed by atoms with Crippen molar-refractivity contribution in [1.29, 1.82) is 0 Å². The minimum absolute atomic E-state index is 0.0780. The SMILES string of the molecule is O=C(Nc1ccc(OC(F)(F)F)cc1)C(=Cc1ccc2c(c1)OCO2)NC(=O)c1ccccc1. The van der Waals surface area contributed by atoms with Crippen molar-refractivity contribution in [2.75, 3.05) is 12.1 Å². The molecule has 0 aromatic heterocycles. The number of hydrogen-bond donors (Lipinski definition) is 2. The van der Waals surface area contributed by atoms with Crippen molar-refractivity contribution >= 4 is 23.6 Å². The molecule has 174 valence electrons. The van der Waals surface area contributed by atoms with E-state index in [9.17, 15) is 22.8 Å². The summed E-state index contributed by atoms with van der Waals surface area (Å²) in [6.45, 7) is 0.0780. The standard InChI is InChI=1S/C24H17F3N2O5/c25-24(26,27)34-18-9-7-17(8-10-18)28-23(31)19(29-22(30)16-4-2-1-3-5-16)12-15-6-11-20-21(13-15)33-14-32-20/h1-13H,14H2,(H,28,31)(H,29,30). The van der Waals surface area contributed by atoms with E-state index in [4.69, 9.17) is 9.47 Å². The molecule has 0 saturated carbocycles. The summed E-state index contributed by atoms with van der Waals surface area (Å²) in [5.41, 5.74) is 0.991. The van der Waals surface area contributed by atoms with E-state index in [0.29, 0.717) is 22.6 Å². The third kappa shape index (κ3) is 5.85. The molecule has 4 rings (SSSR count). The summed E-state index contributed by atoms with van der Waals surface area (Å²) in [5.74, 6) is -0.595. The first-order valence-electron chi connectivity index (χ1n) is 9.92. The number of carbonyl (C=O) groups excluding carboxylic acids is 2. The lowest BCUT2D eigenvalue weighted by atomic mass is 10.1. The van der Waals surface area contributed by atoms with Gasteiger partial charge in [-0.05, 0) is 60.2 Å². The molecule has 10 heteroatoms. The van der Waals surface area contributed by atoms with Gasteiger partial charge >= 0.3 is 6.36 Å². The van der Waals surface area contributed by atoms with Gasteiger partial charge < -0.3 is 24.8 Å². The second-order valence-corrected chi connectivity index (χ2v) is 7.02. The van der Waals surface area contributed by atoms with E-state index in [0.717, 1.165) is 12.1 Å². The van der Waals surface area contributed by atoms with Crippen LogP contribution in [0.1, 0.15) is 15.9 Å². The van der Waals surface area contributed by atoms with Crippen molar-refractivity contribution in [3.63, 3.8) is 0 Å². The number of amides is 2. The maximum Gasteiger partial charge on any atom is 0.573 e. The molecule has 0 aliphatic carbocycles. The lowest BCUT2D eigenvalue weighted by Gasteiger charge is -2.13. The number of carbonyl (C=O) groups is 2. The van der Waals surface area contributed by atoms with Crippen LogP contribution in [0.2, 0.25) is 0 Å². The molecule has 0 bridgehead atoms. The highest BCUT2D eigenvalue weighted by Crippen LogP contribution is 2.33. The van der Waals surface area contributed by atoms with Crippen molar-refractivity contribution in [3.8, 4) is 17.2 Å². The minimum Gasteiger partial charge on any atom is -0.454 e. The normalized spacial score (nSPS) is 12.7. The van der Waals surface area contributed by atoms with Crippen LogP contribution in [0, 0.1) is 0 Å². The Balaban J connectivity index is 1.56. The molecule has 0 atom stereocenters. The second-order valence-electron chi connectivity index (χ2n) is 7.02. The van der Waals surface area contributed by atoms with Gasteiger partial charge in [-0.2, -0.15) is 0 Å². The van der Waals surface area contributed by atoms with Crippen LogP contribution in [-0.2, 0) is 4.79 Å². The average molecular weight is 470 g/mol. The van der Waals surface area contributed by atoms with Crippen LogP contribution in [0.5, 0.6) is 17.2 Å². The summed E-state index contributed by atoms with van der Waals surface area (Å²) in [7, 11) is 0. The Kier molecular flexibility index (Phi) is 6.39. The number of anilines is 1. The van der Waals surface area contributed by atoms with E-state index in [-0.39, 0.29) is 18.2 Å². The van der Waals surface area contributed by atoms with Crippen LogP contribution < -0.4 is 24.8 Å². The molecule has 34 heavy (non-hydrogen) atoms. The number of nitrogens with one attached hydrogen (secondary N) is 2. The fourth-order valence-corrected chi connectivity index (χ4v) is 3.05. The third-order valence-electron chi connectivity index (χ3n) is 4.58. The number of rotatable bonds is 6. The van der Waals surface area contributed by atoms with E-state index in [1.807, 2.05) is 0 Å². The van der Waals surface area contributed by atoms with Crippen molar-refractivity contribution in [1.82, 2.24) is 5.32 Å². The van der Waals surface area contributed by atoms with E-state index in [1.165, 1.54) is 18.2 Å². The van der Waals surface area contributed by atoms with Gasteiger partial charge in [0.2, 0.25) is 6.79 Å². The van der Waals surface area contributed by atoms with E-state index >= 15 is 0 Å². The monoisotopic (exact) mass is 470 g/mol. The molecule has 0 saturated heterocycles. The predicted molar refractivity (Wildman–Crippen MR) is 116 cm³/mol. The van der Waals surface area contributed by atoms with Gasteiger partial charge in [0.25, 0.3) is 11.8 Å². The maximum absolute atomic E-state index is 13.0. The summed E-state index contributed by atoms with van der Waals surface area (Å²) in [4.78, 5) is 25.6. The molecule has 0 radical (unpaired) electrons.